The Bertz CT molecular complexity index is 818. The van der Waals surface area contributed by atoms with Crippen LogP contribution in [-0.4, -0.2) is 31.8 Å². The molecule has 0 saturated heterocycles. The molecule has 1 heterocycles. The maximum atomic E-state index is 12.5. The summed E-state index contributed by atoms with van der Waals surface area (Å²) < 4.78 is 1.60. The SMILES string of the molecule is CC(CC(O)c1ccccc1)NC(=O)c1cccc(-n2cncn2)c1. The number of aliphatic hydroxyl groups excluding tert-OH is 1. The second-order valence-corrected chi connectivity index (χ2v) is 5.93. The molecule has 0 bridgehead atoms. The van der Waals surface area contributed by atoms with Crippen molar-refractivity contribution < 1.29 is 9.90 Å². The van der Waals surface area contributed by atoms with E-state index in [1.165, 1.54) is 6.33 Å². The van der Waals surface area contributed by atoms with Gasteiger partial charge < -0.3 is 10.4 Å². The van der Waals surface area contributed by atoms with Gasteiger partial charge in [-0.1, -0.05) is 36.4 Å². The lowest BCUT2D eigenvalue weighted by atomic mass is 10.0. The number of rotatable bonds is 6. The van der Waals surface area contributed by atoms with Gasteiger partial charge in [0.15, 0.2) is 0 Å². The molecule has 25 heavy (non-hydrogen) atoms. The van der Waals surface area contributed by atoms with Crippen molar-refractivity contribution in [1.82, 2.24) is 20.1 Å². The monoisotopic (exact) mass is 336 g/mol. The summed E-state index contributed by atoms with van der Waals surface area (Å²) in [6.45, 7) is 1.88. The number of carbonyl (C=O) groups excluding carboxylic acids is 1. The zero-order chi connectivity index (χ0) is 17.6. The van der Waals surface area contributed by atoms with E-state index < -0.39 is 6.10 Å². The third-order valence-electron chi connectivity index (χ3n) is 3.93. The summed E-state index contributed by atoms with van der Waals surface area (Å²) in [6.07, 6.45) is 2.85. The third-order valence-corrected chi connectivity index (χ3v) is 3.93. The van der Waals surface area contributed by atoms with Crippen LogP contribution in [0.3, 0.4) is 0 Å². The van der Waals surface area contributed by atoms with Gasteiger partial charge in [-0.2, -0.15) is 5.10 Å². The highest BCUT2D eigenvalue weighted by molar-refractivity contribution is 5.94. The molecule has 3 aromatic rings. The summed E-state index contributed by atoms with van der Waals surface area (Å²) >= 11 is 0. The normalized spacial score (nSPS) is 13.2. The third kappa shape index (κ3) is 4.30. The Hall–Kier alpha value is -2.99. The lowest BCUT2D eigenvalue weighted by Gasteiger charge is -2.18. The molecule has 3 rings (SSSR count). The average Bonchev–Trinajstić information content (AvgIpc) is 3.17. The van der Waals surface area contributed by atoms with Crippen LogP contribution in [0.5, 0.6) is 0 Å². The molecule has 0 aliphatic carbocycles. The molecule has 6 nitrogen and oxygen atoms in total. The summed E-state index contributed by atoms with van der Waals surface area (Å²) in [7, 11) is 0. The molecule has 1 amide bonds. The number of benzene rings is 2. The second-order valence-electron chi connectivity index (χ2n) is 5.93. The summed E-state index contributed by atoms with van der Waals surface area (Å²) in [5, 5.41) is 17.3. The minimum Gasteiger partial charge on any atom is -0.388 e. The van der Waals surface area contributed by atoms with Crippen LogP contribution in [0.25, 0.3) is 5.69 Å². The number of hydrogen-bond donors (Lipinski definition) is 2. The zero-order valence-electron chi connectivity index (χ0n) is 13.9. The van der Waals surface area contributed by atoms with Crippen LogP contribution in [0.1, 0.15) is 35.4 Å². The van der Waals surface area contributed by atoms with Gasteiger partial charge in [0.1, 0.15) is 12.7 Å². The fraction of sp³-hybridized carbons (Fsp3) is 0.211. The van der Waals surface area contributed by atoms with Gasteiger partial charge >= 0.3 is 0 Å². The Labute approximate surface area is 146 Å². The van der Waals surface area contributed by atoms with E-state index in [9.17, 15) is 9.90 Å². The molecule has 0 aliphatic rings. The van der Waals surface area contributed by atoms with E-state index in [2.05, 4.69) is 15.4 Å². The predicted octanol–water partition coefficient (Wildman–Crippen LogP) is 2.51. The highest BCUT2D eigenvalue weighted by Crippen LogP contribution is 2.18. The fourth-order valence-corrected chi connectivity index (χ4v) is 2.64. The molecule has 6 heteroatoms. The largest absolute Gasteiger partial charge is 0.388 e. The summed E-state index contributed by atoms with van der Waals surface area (Å²) in [5.41, 5.74) is 2.15. The maximum absolute atomic E-state index is 12.5. The Morgan fingerprint density at radius 3 is 2.72 bits per heavy atom. The van der Waals surface area contributed by atoms with Crippen molar-refractivity contribution in [3.63, 3.8) is 0 Å². The van der Waals surface area contributed by atoms with Crippen molar-refractivity contribution >= 4 is 5.91 Å². The second kappa shape index (κ2) is 7.72. The number of hydrogen-bond acceptors (Lipinski definition) is 4. The highest BCUT2D eigenvalue weighted by Gasteiger charge is 2.15. The first-order valence-electron chi connectivity index (χ1n) is 8.12. The van der Waals surface area contributed by atoms with Crippen LogP contribution in [0.2, 0.25) is 0 Å². The Morgan fingerprint density at radius 2 is 2.00 bits per heavy atom. The van der Waals surface area contributed by atoms with E-state index in [0.717, 1.165) is 11.3 Å². The van der Waals surface area contributed by atoms with Crippen molar-refractivity contribution in [1.29, 1.82) is 0 Å². The van der Waals surface area contributed by atoms with Crippen molar-refractivity contribution in [2.24, 2.45) is 0 Å². The van der Waals surface area contributed by atoms with E-state index in [1.807, 2.05) is 43.3 Å². The van der Waals surface area contributed by atoms with E-state index in [4.69, 9.17) is 0 Å². The number of aliphatic hydroxyl groups is 1. The van der Waals surface area contributed by atoms with Gasteiger partial charge in [0.05, 0.1) is 11.8 Å². The average molecular weight is 336 g/mol. The van der Waals surface area contributed by atoms with E-state index in [-0.39, 0.29) is 11.9 Å². The topological polar surface area (TPSA) is 80.0 Å². The smallest absolute Gasteiger partial charge is 0.251 e. The summed E-state index contributed by atoms with van der Waals surface area (Å²) in [5.74, 6) is -0.185. The fourth-order valence-electron chi connectivity index (χ4n) is 2.64. The van der Waals surface area contributed by atoms with Crippen LogP contribution >= 0.6 is 0 Å². The molecule has 2 N–H and O–H groups in total. The molecule has 2 aromatic carbocycles. The van der Waals surface area contributed by atoms with Gasteiger partial charge in [0.2, 0.25) is 0 Å². The molecular weight excluding hydrogens is 316 g/mol. The molecule has 0 radical (unpaired) electrons. The highest BCUT2D eigenvalue weighted by atomic mass is 16.3. The van der Waals surface area contributed by atoms with E-state index >= 15 is 0 Å². The van der Waals surface area contributed by atoms with Gasteiger partial charge in [-0.25, -0.2) is 9.67 Å². The Balaban J connectivity index is 1.63. The molecule has 0 aliphatic heterocycles. The van der Waals surface area contributed by atoms with Crippen LogP contribution < -0.4 is 5.32 Å². The minimum atomic E-state index is -0.613. The lowest BCUT2D eigenvalue weighted by Crippen LogP contribution is -2.33. The van der Waals surface area contributed by atoms with E-state index in [0.29, 0.717) is 12.0 Å². The van der Waals surface area contributed by atoms with Crippen LogP contribution in [0, 0.1) is 0 Å². The predicted molar refractivity (Wildman–Crippen MR) is 94.3 cm³/mol. The van der Waals surface area contributed by atoms with Gasteiger partial charge in [0.25, 0.3) is 5.91 Å². The standard InChI is InChI=1S/C19H20N4O2/c1-14(10-18(24)15-6-3-2-4-7-15)22-19(25)16-8-5-9-17(11-16)23-13-20-12-21-23/h2-9,11-14,18,24H,10H2,1H3,(H,22,25). The van der Waals surface area contributed by atoms with Crippen LogP contribution in [-0.2, 0) is 0 Å². The zero-order valence-corrected chi connectivity index (χ0v) is 13.9. The molecule has 128 valence electrons. The number of nitrogens with one attached hydrogen (secondary N) is 1. The maximum Gasteiger partial charge on any atom is 0.251 e. The van der Waals surface area contributed by atoms with Gasteiger partial charge in [-0.15, -0.1) is 0 Å². The van der Waals surface area contributed by atoms with Crippen LogP contribution in [0.4, 0.5) is 0 Å². The first-order chi connectivity index (χ1) is 12.1. The molecular formula is C19H20N4O2. The Morgan fingerprint density at radius 1 is 1.20 bits per heavy atom. The first kappa shape index (κ1) is 16.9. The first-order valence-corrected chi connectivity index (χ1v) is 8.12. The molecule has 0 saturated carbocycles. The number of amides is 1. The van der Waals surface area contributed by atoms with Crippen molar-refractivity contribution in [3.8, 4) is 5.69 Å². The number of nitrogens with zero attached hydrogens (tertiary/aromatic N) is 3. The molecule has 0 fully saturated rings. The number of carbonyl (C=O) groups is 1. The van der Waals surface area contributed by atoms with Gasteiger partial charge in [0, 0.05) is 11.6 Å². The van der Waals surface area contributed by atoms with Crippen LogP contribution in [0.15, 0.2) is 67.3 Å². The van der Waals surface area contributed by atoms with Crippen molar-refractivity contribution in [2.45, 2.75) is 25.5 Å². The van der Waals surface area contributed by atoms with Crippen molar-refractivity contribution in [2.75, 3.05) is 0 Å². The molecule has 0 spiro atoms. The summed E-state index contributed by atoms with van der Waals surface area (Å²) in [6, 6.07) is 16.4. The van der Waals surface area contributed by atoms with Gasteiger partial charge in [-0.3, -0.25) is 4.79 Å². The number of aromatic nitrogens is 3. The molecule has 2 unspecified atom stereocenters. The Kier molecular flexibility index (Phi) is 5.20. The molecule has 1 aromatic heterocycles. The quantitative estimate of drug-likeness (QED) is 0.725. The lowest BCUT2D eigenvalue weighted by molar-refractivity contribution is 0.0917. The van der Waals surface area contributed by atoms with Crippen molar-refractivity contribution in [3.05, 3.63) is 78.4 Å². The van der Waals surface area contributed by atoms with E-state index in [1.54, 1.807) is 29.2 Å². The van der Waals surface area contributed by atoms with Gasteiger partial charge in [-0.05, 0) is 37.1 Å². The summed E-state index contributed by atoms with van der Waals surface area (Å²) in [4.78, 5) is 16.4. The minimum absolute atomic E-state index is 0.169. The molecule has 2 atom stereocenters.